The molecule has 2 rings (SSSR count). The number of nitrogens with zero attached hydrogens (tertiary/aromatic N) is 1. The van der Waals surface area contributed by atoms with Gasteiger partial charge in [-0.05, 0) is 24.6 Å². The van der Waals surface area contributed by atoms with Gasteiger partial charge in [-0.25, -0.2) is 0 Å². The van der Waals surface area contributed by atoms with Crippen molar-refractivity contribution < 1.29 is 0 Å². The second-order valence-corrected chi connectivity index (χ2v) is 9.47. The summed E-state index contributed by atoms with van der Waals surface area (Å²) in [6, 6.07) is 14.7. The standard InChI is InChI=1S/C16H19NSi/c1-14-7-6-8-15(13-14)10-12-18(2,3)16-9-4-5-11-17-16/h4-13H,1-3H3/b12-10+. The molecule has 0 aliphatic carbocycles. The maximum absolute atomic E-state index is 4.49. The van der Waals surface area contributed by atoms with Crippen LogP contribution in [-0.2, 0) is 0 Å². The van der Waals surface area contributed by atoms with Crippen molar-refractivity contribution in [3.63, 3.8) is 0 Å². The van der Waals surface area contributed by atoms with Gasteiger partial charge in [-0.3, -0.25) is 4.98 Å². The van der Waals surface area contributed by atoms with E-state index in [2.05, 4.69) is 73.2 Å². The highest BCUT2D eigenvalue weighted by atomic mass is 28.3. The molecule has 0 atom stereocenters. The summed E-state index contributed by atoms with van der Waals surface area (Å²) in [5.41, 5.74) is 4.92. The summed E-state index contributed by atoms with van der Waals surface area (Å²) < 4.78 is 0. The number of hydrogen-bond donors (Lipinski definition) is 0. The molecule has 0 amide bonds. The smallest absolute Gasteiger partial charge is 0.127 e. The van der Waals surface area contributed by atoms with Crippen LogP contribution in [0.25, 0.3) is 6.08 Å². The van der Waals surface area contributed by atoms with Crippen molar-refractivity contribution >= 4 is 19.5 Å². The van der Waals surface area contributed by atoms with Gasteiger partial charge in [-0.2, -0.15) is 0 Å². The normalized spacial score (nSPS) is 11.9. The Morgan fingerprint density at radius 3 is 2.56 bits per heavy atom. The predicted octanol–water partition coefficient (Wildman–Crippen LogP) is 3.56. The van der Waals surface area contributed by atoms with E-state index in [1.54, 1.807) is 0 Å². The molecular weight excluding hydrogens is 234 g/mol. The van der Waals surface area contributed by atoms with Gasteiger partial charge in [-0.1, -0.05) is 60.8 Å². The number of hydrogen-bond acceptors (Lipinski definition) is 1. The molecule has 0 aliphatic heterocycles. The molecule has 0 radical (unpaired) electrons. The van der Waals surface area contributed by atoms with Crippen LogP contribution in [0.5, 0.6) is 0 Å². The molecule has 0 saturated heterocycles. The quantitative estimate of drug-likeness (QED) is 0.762. The predicted molar refractivity (Wildman–Crippen MR) is 81.6 cm³/mol. The van der Waals surface area contributed by atoms with Crippen LogP contribution in [0.4, 0.5) is 0 Å². The van der Waals surface area contributed by atoms with Crippen LogP contribution in [0.15, 0.2) is 54.4 Å². The van der Waals surface area contributed by atoms with Gasteiger partial charge in [0, 0.05) is 11.5 Å². The molecular formula is C16H19NSi. The summed E-state index contributed by atoms with van der Waals surface area (Å²) in [6.45, 7) is 6.77. The fourth-order valence-electron chi connectivity index (χ4n) is 1.91. The van der Waals surface area contributed by atoms with E-state index in [1.165, 1.54) is 16.4 Å². The van der Waals surface area contributed by atoms with E-state index in [0.717, 1.165) is 0 Å². The summed E-state index contributed by atoms with van der Waals surface area (Å²) in [6.07, 6.45) is 4.11. The zero-order valence-corrected chi connectivity index (χ0v) is 12.2. The zero-order valence-electron chi connectivity index (χ0n) is 11.2. The minimum Gasteiger partial charge on any atom is -0.266 e. The molecule has 0 bridgehead atoms. The summed E-state index contributed by atoms with van der Waals surface area (Å²) in [7, 11) is -1.57. The van der Waals surface area contributed by atoms with Gasteiger partial charge in [0.15, 0.2) is 0 Å². The van der Waals surface area contributed by atoms with Gasteiger partial charge in [0.05, 0.1) is 0 Å². The number of rotatable bonds is 3. The van der Waals surface area contributed by atoms with Crippen LogP contribution in [0.3, 0.4) is 0 Å². The third kappa shape index (κ3) is 3.17. The van der Waals surface area contributed by atoms with Gasteiger partial charge in [0.25, 0.3) is 0 Å². The van der Waals surface area contributed by atoms with E-state index >= 15 is 0 Å². The van der Waals surface area contributed by atoms with E-state index in [-0.39, 0.29) is 0 Å². The Balaban J connectivity index is 2.23. The Kier molecular flexibility index (Phi) is 3.77. The Morgan fingerprint density at radius 1 is 1.06 bits per heavy atom. The molecule has 0 fully saturated rings. The Bertz CT molecular complexity index is 544. The molecule has 0 aliphatic rings. The first-order valence-electron chi connectivity index (χ1n) is 6.25. The van der Waals surface area contributed by atoms with E-state index < -0.39 is 8.07 Å². The molecule has 1 nitrogen and oxygen atoms in total. The molecule has 0 spiro atoms. The van der Waals surface area contributed by atoms with E-state index in [0.29, 0.717) is 0 Å². The van der Waals surface area contributed by atoms with E-state index in [4.69, 9.17) is 0 Å². The average molecular weight is 253 g/mol. The topological polar surface area (TPSA) is 12.9 Å². The highest BCUT2D eigenvalue weighted by Crippen LogP contribution is 2.10. The Labute approximate surface area is 110 Å². The minimum absolute atomic E-state index is 1.23. The monoisotopic (exact) mass is 253 g/mol. The second-order valence-electron chi connectivity index (χ2n) is 5.18. The van der Waals surface area contributed by atoms with Crippen LogP contribution >= 0.6 is 0 Å². The maximum atomic E-state index is 4.49. The lowest BCUT2D eigenvalue weighted by Gasteiger charge is -2.16. The number of aromatic nitrogens is 1. The summed E-state index contributed by atoms with van der Waals surface area (Å²) in [5.74, 6) is 0. The molecule has 18 heavy (non-hydrogen) atoms. The van der Waals surface area contributed by atoms with E-state index in [1.807, 2.05) is 12.3 Å². The van der Waals surface area contributed by atoms with Crippen LogP contribution < -0.4 is 5.32 Å². The van der Waals surface area contributed by atoms with Crippen molar-refractivity contribution in [3.8, 4) is 0 Å². The van der Waals surface area contributed by atoms with Crippen molar-refractivity contribution in [1.29, 1.82) is 0 Å². The molecule has 0 N–H and O–H groups in total. The fraction of sp³-hybridized carbons (Fsp3) is 0.188. The zero-order chi connectivity index (χ0) is 13.0. The molecule has 1 aromatic heterocycles. The van der Waals surface area contributed by atoms with Gasteiger partial charge in [0.1, 0.15) is 8.07 Å². The largest absolute Gasteiger partial charge is 0.266 e. The molecule has 1 aromatic carbocycles. The molecule has 0 unspecified atom stereocenters. The highest BCUT2D eigenvalue weighted by Gasteiger charge is 2.20. The third-order valence-electron chi connectivity index (χ3n) is 3.06. The molecule has 2 heteroatoms. The highest BCUT2D eigenvalue weighted by molar-refractivity contribution is 6.93. The summed E-state index contributed by atoms with van der Waals surface area (Å²) in [4.78, 5) is 4.49. The second kappa shape index (κ2) is 5.32. The average Bonchev–Trinajstić information content (AvgIpc) is 2.38. The molecule has 92 valence electrons. The van der Waals surface area contributed by atoms with Gasteiger partial charge in [-0.15, -0.1) is 0 Å². The lowest BCUT2D eigenvalue weighted by Crippen LogP contribution is -2.41. The summed E-state index contributed by atoms with van der Waals surface area (Å²) >= 11 is 0. The molecule has 0 saturated carbocycles. The number of pyridine rings is 1. The van der Waals surface area contributed by atoms with Crippen molar-refractivity contribution in [3.05, 3.63) is 65.5 Å². The van der Waals surface area contributed by atoms with Gasteiger partial charge < -0.3 is 0 Å². The van der Waals surface area contributed by atoms with Crippen LogP contribution in [0.1, 0.15) is 11.1 Å². The van der Waals surface area contributed by atoms with Crippen molar-refractivity contribution in [2.75, 3.05) is 0 Å². The minimum atomic E-state index is -1.57. The maximum Gasteiger partial charge on any atom is 0.127 e. The SMILES string of the molecule is Cc1cccc(/C=C/[Si](C)(C)c2ccccn2)c1. The van der Waals surface area contributed by atoms with Crippen LogP contribution in [0.2, 0.25) is 13.1 Å². The summed E-state index contributed by atoms with van der Waals surface area (Å²) in [5, 5.41) is 1.23. The molecule has 1 heterocycles. The number of aryl methyl sites for hydroxylation is 1. The third-order valence-corrected chi connectivity index (χ3v) is 5.68. The Hall–Kier alpha value is -1.67. The number of benzene rings is 1. The van der Waals surface area contributed by atoms with Crippen molar-refractivity contribution in [1.82, 2.24) is 4.98 Å². The van der Waals surface area contributed by atoms with E-state index in [9.17, 15) is 0 Å². The van der Waals surface area contributed by atoms with Gasteiger partial charge >= 0.3 is 0 Å². The molecule has 2 aromatic rings. The van der Waals surface area contributed by atoms with Crippen LogP contribution in [0, 0.1) is 6.92 Å². The van der Waals surface area contributed by atoms with Crippen molar-refractivity contribution in [2.24, 2.45) is 0 Å². The lowest BCUT2D eigenvalue weighted by molar-refractivity contribution is 1.37. The first-order chi connectivity index (χ1) is 8.58. The first kappa shape index (κ1) is 12.8. The van der Waals surface area contributed by atoms with Gasteiger partial charge in [0.2, 0.25) is 0 Å². The lowest BCUT2D eigenvalue weighted by atomic mass is 10.1. The first-order valence-corrected chi connectivity index (χ1v) is 9.33. The van der Waals surface area contributed by atoms with Crippen molar-refractivity contribution in [2.45, 2.75) is 20.0 Å². The van der Waals surface area contributed by atoms with Crippen LogP contribution in [-0.4, -0.2) is 13.1 Å². The Morgan fingerprint density at radius 2 is 1.89 bits per heavy atom. The fourth-order valence-corrected chi connectivity index (χ4v) is 3.62.